The molecular weight excluding hydrogens is 725 g/mol. The highest BCUT2D eigenvalue weighted by molar-refractivity contribution is 6.01. The summed E-state index contributed by atoms with van der Waals surface area (Å²) in [5.41, 5.74) is 21.9. The Bertz CT molecular complexity index is 2660. The first-order valence-electron chi connectivity index (χ1n) is 21.0. The quantitative estimate of drug-likeness (QED) is 0.128. The van der Waals surface area contributed by atoms with Gasteiger partial charge in [-0.15, -0.1) is 0 Å². The van der Waals surface area contributed by atoms with E-state index in [0.717, 1.165) is 33.9 Å². The summed E-state index contributed by atoms with van der Waals surface area (Å²) in [6, 6.07) is 57.6. The maximum absolute atomic E-state index is 2.36. The lowest BCUT2D eigenvalue weighted by Gasteiger charge is -2.27. The van der Waals surface area contributed by atoms with Gasteiger partial charge in [0.2, 0.25) is 0 Å². The van der Waals surface area contributed by atoms with Crippen LogP contribution in [-0.2, 0) is 0 Å². The monoisotopic (exact) mass is 778 g/mol. The molecule has 0 unspecified atom stereocenters. The molecule has 0 N–H and O–H groups in total. The first-order valence-corrected chi connectivity index (χ1v) is 21.0. The van der Waals surface area contributed by atoms with Gasteiger partial charge in [0.15, 0.2) is 0 Å². The molecule has 2 heteroatoms. The van der Waals surface area contributed by atoms with Crippen LogP contribution < -0.4 is 9.80 Å². The lowest BCUT2D eigenvalue weighted by molar-refractivity contribution is 1.23. The van der Waals surface area contributed by atoms with Crippen molar-refractivity contribution in [2.24, 2.45) is 0 Å². The fourth-order valence-corrected chi connectivity index (χ4v) is 8.37. The molecule has 0 fully saturated rings. The van der Waals surface area contributed by atoms with Gasteiger partial charge in [0.05, 0.1) is 0 Å². The summed E-state index contributed by atoms with van der Waals surface area (Å²) in [4.78, 5) is 4.71. The van der Waals surface area contributed by atoms with Gasteiger partial charge in [-0.3, -0.25) is 0 Å². The Hall–Kier alpha value is -6.90. The number of rotatable bonds is 10. The van der Waals surface area contributed by atoms with Crippen molar-refractivity contribution in [3.05, 3.63) is 224 Å². The second-order valence-corrected chi connectivity index (χ2v) is 16.4. The van der Waals surface area contributed by atoms with Crippen LogP contribution in [-0.4, -0.2) is 0 Å². The zero-order valence-electron chi connectivity index (χ0n) is 36.2. The summed E-state index contributed by atoms with van der Waals surface area (Å²) in [7, 11) is 0. The van der Waals surface area contributed by atoms with Gasteiger partial charge < -0.3 is 9.80 Å². The predicted octanol–water partition coefficient (Wildman–Crippen LogP) is 16.6. The molecule has 0 aliphatic heterocycles. The SMILES string of the molecule is Cc1ccc(N(c2ccc(C=Cc3c(C)c(C)c(C=Cc4ccc(N(c5ccc(C)cc5)c5ccc(C)cc5C)cc4)c4ccccc34)cc2)c2ccc(C)cc2C)cc1. The standard InChI is InChI=1S/C58H54N2/c1-39-13-25-49(26-14-39)59(57-35-17-41(3)37-43(57)5)51-29-19-47(20-30-51)23-33-53-45(7)46(8)54(56-12-10-9-11-55(53)56)34-24-48-21-31-52(32-22-48)60(50-27-15-40(2)16-28-50)58-36-18-42(4)38-44(58)6/h9-38H,1-8H3. The average Bonchev–Trinajstić information content (AvgIpc) is 3.25. The fourth-order valence-electron chi connectivity index (χ4n) is 8.37. The molecule has 8 aromatic rings. The predicted molar refractivity (Wildman–Crippen MR) is 262 cm³/mol. The van der Waals surface area contributed by atoms with Crippen LogP contribution in [0.15, 0.2) is 158 Å². The molecule has 8 rings (SSSR count). The largest absolute Gasteiger partial charge is 0.310 e. The van der Waals surface area contributed by atoms with Crippen molar-refractivity contribution in [2.45, 2.75) is 55.4 Å². The zero-order chi connectivity index (χ0) is 41.9. The van der Waals surface area contributed by atoms with E-state index in [4.69, 9.17) is 0 Å². The van der Waals surface area contributed by atoms with Crippen LogP contribution in [0.4, 0.5) is 34.1 Å². The molecular formula is C58H54N2. The minimum atomic E-state index is 1.14. The Balaban J connectivity index is 1.08. The van der Waals surface area contributed by atoms with Crippen LogP contribution in [0, 0.1) is 55.4 Å². The summed E-state index contributed by atoms with van der Waals surface area (Å²) in [5.74, 6) is 0. The molecule has 0 radical (unpaired) electrons. The third-order valence-corrected chi connectivity index (χ3v) is 11.8. The van der Waals surface area contributed by atoms with Crippen molar-refractivity contribution in [1.29, 1.82) is 0 Å². The van der Waals surface area contributed by atoms with Crippen molar-refractivity contribution >= 4 is 69.2 Å². The van der Waals surface area contributed by atoms with Crippen LogP contribution in [0.25, 0.3) is 35.1 Å². The number of aryl methyl sites for hydroxylation is 6. The van der Waals surface area contributed by atoms with Gasteiger partial charge in [-0.25, -0.2) is 0 Å². The highest BCUT2D eigenvalue weighted by Gasteiger charge is 2.17. The molecule has 0 heterocycles. The van der Waals surface area contributed by atoms with E-state index < -0.39 is 0 Å². The van der Waals surface area contributed by atoms with Crippen molar-refractivity contribution in [2.75, 3.05) is 9.80 Å². The number of anilines is 6. The molecule has 296 valence electrons. The summed E-state index contributed by atoms with van der Waals surface area (Å²) >= 11 is 0. The molecule has 8 aromatic carbocycles. The smallest absolute Gasteiger partial charge is 0.0490 e. The van der Waals surface area contributed by atoms with E-state index in [1.165, 1.54) is 77.8 Å². The van der Waals surface area contributed by atoms with Crippen molar-refractivity contribution in [3.63, 3.8) is 0 Å². The minimum absolute atomic E-state index is 1.14. The maximum atomic E-state index is 2.36. The Kier molecular flexibility index (Phi) is 11.4. The van der Waals surface area contributed by atoms with Crippen LogP contribution >= 0.6 is 0 Å². The molecule has 0 spiro atoms. The highest BCUT2D eigenvalue weighted by atomic mass is 15.1. The van der Waals surface area contributed by atoms with Gasteiger partial charge in [-0.1, -0.05) is 144 Å². The minimum Gasteiger partial charge on any atom is -0.310 e. The Morgan fingerprint density at radius 3 is 0.967 bits per heavy atom. The highest BCUT2D eigenvalue weighted by Crippen LogP contribution is 2.39. The third-order valence-electron chi connectivity index (χ3n) is 11.8. The fraction of sp³-hybridized carbons (Fsp3) is 0.138. The molecule has 0 saturated carbocycles. The number of hydrogen-bond acceptors (Lipinski definition) is 2. The Morgan fingerprint density at radius 2 is 0.633 bits per heavy atom. The van der Waals surface area contributed by atoms with Gasteiger partial charge in [0.25, 0.3) is 0 Å². The Labute approximate surface area is 357 Å². The Morgan fingerprint density at radius 1 is 0.317 bits per heavy atom. The molecule has 0 atom stereocenters. The maximum Gasteiger partial charge on any atom is 0.0490 e. The third kappa shape index (κ3) is 8.33. The molecule has 0 bridgehead atoms. The van der Waals surface area contributed by atoms with Crippen molar-refractivity contribution in [3.8, 4) is 0 Å². The van der Waals surface area contributed by atoms with Crippen LogP contribution in [0.5, 0.6) is 0 Å². The number of benzene rings is 8. The van der Waals surface area contributed by atoms with E-state index in [-0.39, 0.29) is 0 Å². The lowest BCUT2D eigenvalue weighted by Crippen LogP contribution is -2.11. The van der Waals surface area contributed by atoms with E-state index >= 15 is 0 Å². The summed E-state index contributed by atoms with van der Waals surface area (Å²) < 4.78 is 0. The van der Waals surface area contributed by atoms with Gasteiger partial charge in [0.1, 0.15) is 0 Å². The lowest BCUT2D eigenvalue weighted by atomic mass is 9.89. The molecule has 60 heavy (non-hydrogen) atoms. The average molecular weight is 779 g/mol. The van der Waals surface area contributed by atoms with E-state index in [0.29, 0.717) is 0 Å². The number of hydrogen-bond donors (Lipinski definition) is 0. The van der Waals surface area contributed by atoms with Crippen LogP contribution in [0.2, 0.25) is 0 Å². The first kappa shape index (κ1) is 39.9. The molecule has 2 nitrogen and oxygen atoms in total. The zero-order valence-corrected chi connectivity index (χ0v) is 36.2. The summed E-state index contributed by atoms with van der Waals surface area (Å²) in [6.07, 6.45) is 9.09. The molecule has 0 aliphatic rings. The van der Waals surface area contributed by atoms with Gasteiger partial charge in [-0.2, -0.15) is 0 Å². The first-order chi connectivity index (χ1) is 29.0. The number of fused-ring (bicyclic) bond motifs is 1. The molecule has 0 amide bonds. The normalized spacial score (nSPS) is 11.5. The van der Waals surface area contributed by atoms with E-state index in [9.17, 15) is 0 Å². The van der Waals surface area contributed by atoms with E-state index in [1.54, 1.807) is 0 Å². The second kappa shape index (κ2) is 17.1. The van der Waals surface area contributed by atoms with Crippen LogP contribution in [0.1, 0.15) is 66.8 Å². The van der Waals surface area contributed by atoms with E-state index in [2.05, 4.69) is 247 Å². The second-order valence-electron chi connectivity index (χ2n) is 16.4. The molecule has 0 aliphatic carbocycles. The van der Waals surface area contributed by atoms with Gasteiger partial charge in [-0.05, 0) is 171 Å². The van der Waals surface area contributed by atoms with E-state index in [1.807, 2.05) is 0 Å². The number of nitrogens with zero attached hydrogens (tertiary/aromatic N) is 2. The van der Waals surface area contributed by atoms with Crippen LogP contribution in [0.3, 0.4) is 0 Å². The molecule has 0 aromatic heterocycles. The van der Waals surface area contributed by atoms with Crippen molar-refractivity contribution in [1.82, 2.24) is 0 Å². The van der Waals surface area contributed by atoms with Gasteiger partial charge in [0, 0.05) is 34.1 Å². The topological polar surface area (TPSA) is 6.48 Å². The van der Waals surface area contributed by atoms with Crippen molar-refractivity contribution < 1.29 is 0 Å². The summed E-state index contributed by atoms with van der Waals surface area (Å²) in [6.45, 7) is 17.5. The molecule has 0 saturated heterocycles. The summed E-state index contributed by atoms with van der Waals surface area (Å²) in [5, 5.41) is 2.51. The van der Waals surface area contributed by atoms with Gasteiger partial charge >= 0.3 is 0 Å².